The number of hydrogen-bond donors (Lipinski definition) is 2. The molecule has 0 fully saturated rings. The molecule has 17 heavy (non-hydrogen) atoms. The van der Waals surface area contributed by atoms with Gasteiger partial charge in [0.1, 0.15) is 5.82 Å². The van der Waals surface area contributed by atoms with Gasteiger partial charge in [-0.1, -0.05) is 17.6 Å². The number of benzene rings is 1. The fourth-order valence-electron chi connectivity index (χ4n) is 1.14. The van der Waals surface area contributed by atoms with Crippen molar-refractivity contribution < 1.29 is 22.1 Å². The highest BCUT2D eigenvalue weighted by Crippen LogP contribution is 2.13. The molecule has 0 radical (unpaired) electrons. The van der Waals surface area contributed by atoms with Crippen LogP contribution in [0.1, 0.15) is 5.56 Å². The maximum absolute atomic E-state index is 13.2. The van der Waals surface area contributed by atoms with Crippen molar-refractivity contribution in [3.8, 4) is 0 Å². The fraction of sp³-hybridized carbons (Fsp3) is 0. The average Bonchev–Trinajstić information content (AvgIpc) is 2.18. The molecule has 0 saturated carbocycles. The lowest BCUT2D eigenvalue weighted by atomic mass is 9.77. The smallest absolute Gasteiger partial charge is 0.445 e. The number of amides is 2. The first-order chi connectivity index (χ1) is 7.82. The van der Waals surface area contributed by atoms with E-state index >= 15 is 0 Å². The van der Waals surface area contributed by atoms with Gasteiger partial charge in [-0.05, 0) is 6.07 Å². The van der Waals surface area contributed by atoms with Gasteiger partial charge in [0, 0.05) is 5.56 Å². The van der Waals surface area contributed by atoms with Crippen LogP contribution in [-0.4, -0.2) is 19.2 Å². The van der Waals surface area contributed by atoms with Crippen LogP contribution in [0.5, 0.6) is 0 Å². The lowest BCUT2D eigenvalue weighted by Crippen LogP contribution is -2.37. The Morgan fingerprint density at radius 3 is 2.59 bits per heavy atom. The van der Waals surface area contributed by atoms with Crippen LogP contribution in [0.4, 0.5) is 22.1 Å². The van der Waals surface area contributed by atoms with E-state index in [1.807, 2.05) is 0 Å². The second-order valence-electron chi connectivity index (χ2n) is 3.05. The number of nitrogens with two attached hydrogens (primary N) is 1. The summed E-state index contributed by atoms with van der Waals surface area (Å²) >= 11 is 0. The Bertz CT molecular complexity index is 461. The monoisotopic (exact) mass is 248 g/mol. The van der Waals surface area contributed by atoms with E-state index in [1.54, 1.807) is 5.43 Å². The number of primary amides is 1. The molecule has 0 aromatic heterocycles. The number of urea groups is 1. The van der Waals surface area contributed by atoms with Crippen molar-refractivity contribution in [2.45, 2.75) is 0 Å². The molecule has 9 heteroatoms. The quantitative estimate of drug-likeness (QED) is 0.354. The molecule has 1 rings (SSSR count). The van der Waals surface area contributed by atoms with Crippen LogP contribution in [-0.2, 0) is 0 Å². The van der Waals surface area contributed by atoms with E-state index in [2.05, 4.69) is 10.8 Å². The number of hydrazone groups is 1. The SMILES string of the molecule is NC(=O)NN=Cc1c(F)cccc1[B-](F)(F)F. The van der Waals surface area contributed by atoms with Crippen LogP contribution in [0, 0.1) is 5.82 Å². The standard InChI is InChI=1S/C8H7BF4N3O/c10-7-3-1-2-6(9(11,12)13)5(7)4-15-16-8(14)17/h1-4H,(H3,14,16,17)/q-1. The number of rotatable bonds is 3. The minimum Gasteiger partial charge on any atom is -0.445 e. The third-order valence-electron chi connectivity index (χ3n) is 1.81. The fourth-order valence-corrected chi connectivity index (χ4v) is 1.14. The molecule has 1 aromatic rings. The third kappa shape index (κ3) is 3.47. The number of nitrogens with one attached hydrogen (secondary N) is 1. The summed E-state index contributed by atoms with van der Waals surface area (Å²) in [5, 5.41) is 3.10. The zero-order valence-corrected chi connectivity index (χ0v) is 8.33. The minimum atomic E-state index is -5.36. The van der Waals surface area contributed by atoms with Crippen molar-refractivity contribution in [3.63, 3.8) is 0 Å². The first-order valence-corrected chi connectivity index (χ1v) is 4.39. The van der Waals surface area contributed by atoms with E-state index in [0.29, 0.717) is 6.21 Å². The highest BCUT2D eigenvalue weighted by Gasteiger charge is 2.28. The number of hydrogen-bond acceptors (Lipinski definition) is 2. The molecule has 92 valence electrons. The maximum Gasteiger partial charge on any atom is 0.510 e. The summed E-state index contributed by atoms with van der Waals surface area (Å²) in [4.78, 5) is 10.2. The van der Waals surface area contributed by atoms with E-state index < -0.39 is 29.9 Å². The van der Waals surface area contributed by atoms with Crippen molar-refractivity contribution in [2.75, 3.05) is 0 Å². The Labute approximate surface area is 93.5 Å². The van der Waals surface area contributed by atoms with Gasteiger partial charge in [-0.2, -0.15) is 5.10 Å². The van der Waals surface area contributed by atoms with E-state index in [0.717, 1.165) is 18.2 Å². The van der Waals surface area contributed by atoms with Gasteiger partial charge >= 0.3 is 13.0 Å². The van der Waals surface area contributed by atoms with Crippen LogP contribution in [0.25, 0.3) is 0 Å². The van der Waals surface area contributed by atoms with Gasteiger partial charge in [0.15, 0.2) is 0 Å². The number of nitrogens with zero attached hydrogens (tertiary/aromatic N) is 1. The molecule has 1 aromatic carbocycles. The molecule has 0 bridgehead atoms. The molecular weight excluding hydrogens is 241 g/mol. The predicted octanol–water partition coefficient (Wildman–Crippen LogP) is 0.882. The van der Waals surface area contributed by atoms with Gasteiger partial charge in [-0.3, -0.25) is 0 Å². The van der Waals surface area contributed by atoms with Gasteiger partial charge in [0.2, 0.25) is 0 Å². The van der Waals surface area contributed by atoms with Crippen molar-refractivity contribution in [3.05, 3.63) is 29.6 Å². The average molecular weight is 248 g/mol. The highest BCUT2D eigenvalue weighted by atomic mass is 19.4. The summed E-state index contributed by atoms with van der Waals surface area (Å²) in [6.07, 6.45) is 0.560. The third-order valence-corrected chi connectivity index (χ3v) is 1.81. The zero-order valence-electron chi connectivity index (χ0n) is 8.33. The molecular formula is C8H7BF4N3O-. The van der Waals surface area contributed by atoms with Gasteiger partial charge in [-0.15, -0.1) is 0 Å². The van der Waals surface area contributed by atoms with Crippen LogP contribution < -0.4 is 16.6 Å². The second-order valence-corrected chi connectivity index (χ2v) is 3.05. The number of carbonyl (C=O) groups is 1. The van der Waals surface area contributed by atoms with Gasteiger partial charge in [0.05, 0.1) is 6.21 Å². The zero-order chi connectivity index (χ0) is 13.1. The number of halogens is 4. The molecule has 4 nitrogen and oxygen atoms in total. The highest BCUT2D eigenvalue weighted by molar-refractivity contribution is 6.74. The lowest BCUT2D eigenvalue weighted by molar-refractivity contribution is 0.249. The van der Waals surface area contributed by atoms with E-state index in [4.69, 9.17) is 0 Å². The van der Waals surface area contributed by atoms with Crippen molar-refractivity contribution in [1.29, 1.82) is 0 Å². The summed E-state index contributed by atoms with van der Waals surface area (Å²) in [6, 6.07) is 1.47. The maximum atomic E-state index is 13.2. The van der Waals surface area contributed by atoms with Gasteiger partial charge < -0.3 is 18.7 Å². The van der Waals surface area contributed by atoms with Crippen LogP contribution in [0.2, 0.25) is 0 Å². The lowest BCUT2D eigenvalue weighted by Gasteiger charge is -2.17. The molecule has 2 amide bonds. The van der Waals surface area contributed by atoms with Crippen LogP contribution in [0.3, 0.4) is 0 Å². The first-order valence-electron chi connectivity index (χ1n) is 4.39. The Balaban J connectivity index is 3.13. The van der Waals surface area contributed by atoms with E-state index in [1.165, 1.54) is 0 Å². The molecule has 0 heterocycles. The molecule has 0 unspecified atom stereocenters. The van der Waals surface area contributed by atoms with Crippen molar-refractivity contribution in [1.82, 2.24) is 5.43 Å². The summed E-state index contributed by atoms with van der Waals surface area (Å²) in [6.45, 7) is -5.36. The predicted molar refractivity (Wildman–Crippen MR) is 55.4 cm³/mol. The van der Waals surface area contributed by atoms with Crippen molar-refractivity contribution >= 4 is 24.7 Å². The minimum absolute atomic E-state index is 0.560. The molecule has 0 aliphatic heterocycles. The second kappa shape index (κ2) is 4.85. The molecule has 3 N–H and O–H groups in total. The summed E-state index contributed by atoms with van der Waals surface area (Å²) < 4.78 is 50.8. The van der Waals surface area contributed by atoms with Crippen LogP contribution in [0.15, 0.2) is 23.3 Å². The summed E-state index contributed by atoms with van der Waals surface area (Å²) in [7, 11) is 0. The topological polar surface area (TPSA) is 67.5 Å². The van der Waals surface area contributed by atoms with Gasteiger partial charge in [-0.25, -0.2) is 14.6 Å². The Morgan fingerprint density at radius 1 is 1.41 bits per heavy atom. The first kappa shape index (κ1) is 13.0. The van der Waals surface area contributed by atoms with Crippen LogP contribution >= 0.6 is 0 Å². The Kier molecular flexibility index (Phi) is 3.71. The van der Waals surface area contributed by atoms with E-state index in [9.17, 15) is 22.1 Å². The Morgan fingerprint density at radius 2 is 2.06 bits per heavy atom. The molecule has 0 atom stereocenters. The van der Waals surface area contributed by atoms with E-state index in [-0.39, 0.29) is 0 Å². The molecule has 0 aliphatic rings. The molecule has 0 aliphatic carbocycles. The largest absolute Gasteiger partial charge is 0.510 e. The van der Waals surface area contributed by atoms with Crippen molar-refractivity contribution in [2.24, 2.45) is 10.8 Å². The summed E-state index contributed by atoms with van der Waals surface area (Å²) in [5.74, 6) is -1.09. The Hall–Kier alpha value is -2.06. The molecule has 0 spiro atoms. The van der Waals surface area contributed by atoms with Gasteiger partial charge in [0.25, 0.3) is 0 Å². The normalized spacial score (nSPS) is 11.8. The molecule has 0 saturated heterocycles. The number of carbonyl (C=O) groups excluding carboxylic acids is 1. The summed E-state index contributed by atoms with van der Waals surface area (Å²) in [5.41, 5.74) is 4.46.